The molecule has 1 aromatic carbocycles. The zero-order valence-electron chi connectivity index (χ0n) is 13.8. The minimum atomic E-state index is 0.370. The minimum absolute atomic E-state index is 0.370. The maximum atomic E-state index is 4.49. The summed E-state index contributed by atoms with van der Waals surface area (Å²) in [6, 6.07) is 11.1. The second-order valence-electron chi connectivity index (χ2n) is 7.02. The second kappa shape index (κ2) is 7.04. The van der Waals surface area contributed by atoms with E-state index in [9.17, 15) is 0 Å². The van der Waals surface area contributed by atoms with E-state index in [1.807, 2.05) is 12.3 Å². The highest BCUT2D eigenvalue weighted by atomic mass is 14.9. The molecule has 0 aliphatic rings. The third-order valence-corrected chi connectivity index (χ3v) is 3.88. The van der Waals surface area contributed by atoms with Gasteiger partial charge in [-0.2, -0.15) is 0 Å². The number of nitrogens with zero attached hydrogens (tertiary/aromatic N) is 1. The smallest absolute Gasteiger partial charge is 0.0705 e. The van der Waals surface area contributed by atoms with Crippen LogP contribution < -0.4 is 5.32 Å². The van der Waals surface area contributed by atoms with Crippen LogP contribution in [-0.2, 0) is 0 Å². The van der Waals surface area contributed by atoms with Crippen LogP contribution in [0.5, 0.6) is 0 Å². The van der Waals surface area contributed by atoms with Crippen LogP contribution in [0, 0.1) is 5.41 Å². The summed E-state index contributed by atoms with van der Waals surface area (Å²) in [5, 5.41) is 5.00. The van der Waals surface area contributed by atoms with Crippen LogP contribution in [0.3, 0.4) is 0 Å². The molecular weight excluding hydrogens is 256 g/mol. The average molecular weight is 284 g/mol. The first-order valence-corrected chi connectivity index (χ1v) is 8.08. The normalized spacial score (nSPS) is 13.5. The third-order valence-electron chi connectivity index (χ3n) is 3.88. The van der Waals surface area contributed by atoms with Crippen LogP contribution >= 0.6 is 0 Å². The highest BCUT2D eigenvalue weighted by molar-refractivity contribution is 5.82. The molecule has 2 nitrogen and oxygen atoms in total. The van der Waals surface area contributed by atoms with Gasteiger partial charge in [-0.05, 0) is 48.9 Å². The van der Waals surface area contributed by atoms with Gasteiger partial charge in [0.1, 0.15) is 0 Å². The van der Waals surface area contributed by atoms with Crippen LogP contribution in [-0.4, -0.2) is 11.5 Å². The Morgan fingerprint density at radius 2 is 1.95 bits per heavy atom. The van der Waals surface area contributed by atoms with Crippen molar-refractivity contribution >= 4 is 10.9 Å². The van der Waals surface area contributed by atoms with Crippen LogP contribution in [0.2, 0.25) is 0 Å². The number of hydrogen-bond acceptors (Lipinski definition) is 2. The van der Waals surface area contributed by atoms with Crippen LogP contribution in [0.4, 0.5) is 0 Å². The molecule has 1 aromatic heterocycles. The van der Waals surface area contributed by atoms with E-state index in [0.717, 1.165) is 24.9 Å². The Kier molecular flexibility index (Phi) is 5.35. The standard InChI is InChI=1S/C19H28N2/c1-5-13-20-18(11-12-19(2,3)4)15-8-6-10-17-16(15)9-7-14-21-17/h6-10,14,18,20H,5,11-13H2,1-4H3. The summed E-state index contributed by atoms with van der Waals surface area (Å²) in [7, 11) is 0. The van der Waals surface area contributed by atoms with Crippen molar-refractivity contribution in [1.82, 2.24) is 10.3 Å². The first kappa shape index (κ1) is 16.0. The molecular formula is C19H28N2. The minimum Gasteiger partial charge on any atom is -0.310 e. The van der Waals surface area contributed by atoms with Crippen molar-refractivity contribution in [1.29, 1.82) is 0 Å². The van der Waals surface area contributed by atoms with Gasteiger partial charge >= 0.3 is 0 Å². The monoisotopic (exact) mass is 284 g/mol. The fraction of sp³-hybridized carbons (Fsp3) is 0.526. The molecule has 1 atom stereocenters. The maximum absolute atomic E-state index is 4.49. The second-order valence-corrected chi connectivity index (χ2v) is 7.02. The Morgan fingerprint density at radius 1 is 1.14 bits per heavy atom. The van der Waals surface area contributed by atoms with Gasteiger partial charge in [0, 0.05) is 17.6 Å². The molecule has 2 rings (SSSR count). The van der Waals surface area contributed by atoms with Gasteiger partial charge in [-0.15, -0.1) is 0 Å². The van der Waals surface area contributed by atoms with Crippen molar-refractivity contribution in [3.05, 3.63) is 42.1 Å². The van der Waals surface area contributed by atoms with E-state index >= 15 is 0 Å². The highest BCUT2D eigenvalue weighted by Gasteiger charge is 2.18. The molecule has 21 heavy (non-hydrogen) atoms. The molecule has 0 spiro atoms. The zero-order chi connectivity index (χ0) is 15.3. The molecule has 0 saturated carbocycles. The van der Waals surface area contributed by atoms with Gasteiger partial charge in [-0.1, -0.05) is 45.9 Å². The predicted octanol–water partition coefficient (Wildman–Crippen LogP) is 5.10. The summed E-state index contributed by atoms with van der Waals surface area (Å²) in [6.45, 7) is 10.2. The zero-order valence-corrected chi connectivity index (χ0v) is 13.8. The number of benzene rings is 1. The summed E-state index contributed by atoms with van der Waals surface area (Å²) in [6.07, 6.45) is 5.41. The van der Waals surface area contributed by atoms with Gasteiger partial charge in [0.2, 0.25) is 0 Å². The molecule has 1 heterocycles. The number of aromatic nitrogens is 1. The predicted molar refractivity (Wildman–Crippen MR) is 91.5 cm³/mol. The average Bonchev–Trinajstić information content (AvgIpc) is 2.46. The quantitative estimate of drug-likeness (QED) is 0.798. The van der Waals surface area contributed by atoms with Crippen molar-refractivity contribution in [3.63, 3.8) is 0 Å². The van der Waals surface area contributed by atoms with Crippen molar-refractivity contribution in [2.45, 2.75) is 53.0 Å². The first-order valence-electron chi connectivity index (χ1n) is 8.08. The van der Waals surface area contributed by atoms with E-state index in [4.69, 9.17) is 0 Å². The van der Waals surface area contributed by atoms with Crippen molar-refractivity contribution in [2.24, 2.45) is 5.41 Å². The van der Waals surface area contributed by atoms with Gasteiger partial charge in [-0.3, -0.25) is 4.98 Å². The fourth-order valence-electron chi connectivity index (χ4n) is 2.69. The first-order chi connectivity index (χ1) is 10.0. The number of rotatable bonds is 6. The van der Waals surface area contributed by atoms with E-state index in [1.165, 1.54) is 17.4 Å². The van der Waals surface area contributed by atoms with Gasteiger partial charge < -0.3 is 5.32 Å². The van der Waals surface area contributed by atoms with Crippen LogP contribution in [0.15, 0.2) is 36.5 Å². The van der Waals surface area contributed by atoms with Crippen LogP contribution in [0.25, 0.3) is 10.9 Å². The van der Waals surface area contributed by atoms with E-state index in [2.05, 4.69) is 62.3 Å². The fourth-order valence-corrected chi connectivity index (χ4v) is 2.69. The third kappa shape index (κ3) is 4.53. The molecule has 1 N–H and O–H groups in total. The molecule has 0 amide bonds. The molecule has 0 aliphatic heterocycles. The molecule has 1 unspecified atom stereocenters. The van der Waals surface area contributed by atoms with Crippen molar-refractivity contribution < 1.29 is 0 Å². The van der Waals surface area contributed by atoms with Gasteiger partial charge in [0.05, 0.1) is 5.52 Å². The Hall–Kier alpha value is -1.41. The highest BCUT2D eigenvalue weighted by Crippen LogP contribution is 2.30. The Labute approximate surface area is 129 Å². The molecule has 2 heteroatoms. The largest absolute Gasteiger partial charge is 0.310 e. The van der Waals surface area contributed by atoms with Gasteiger partial charge in [0.25, 0.3) is 0 Å². The number of nitrogens with one attached hydrogen (secondary N) is 1. The summed E-state index contributed by atoms with van der Waals surface area (Å²) < 4.78 is 0. The lowest BCUT2D eigenvalue weighted by molar-refractivity contribution is 0.333. The van der Waals surface area contributed by atoms with Gasteiger partial charge in [0.15, 0.2) is 0 Å². The lowest BCUT2D eigenvalue weighted by Crippen LogP contribution is -2.24. The molecule has 114 valence electrons. The summed E-state index contributed by atoms with van der Waals surface area (Å²) in [4.78, 5) is 4.49. The molecule has 0 aliphatic carbocycles. The molecule has 0 radical (unpaired) electrons. The lowest BCUT2D eigenvalue weighted by Gasteiger charge is -2.25. The Bertz CT molecular complexity index is 564. The SMILES string of the molecule is CCCNC(CCC(C)(C)C)c1cccc2ncccc12. The maximum Gasteiger partial charge on any atom is 0.0705 e. The van der Waals surface area contributed by atoms with Gasteiger partial charge in [-0.25, -0.2) is 0 Å². The van der Waals surface area contributed by atoms with E-state index in [-0.39, 0.29) is 0 Å². The summed E-state index contributed by atoms with van der Waals surface area (Å²) in [5.41, 5.74) is 2.85. The van der Waals surface area contributed by atoms with E-state index in [1.54, 1.807) is 0 Å². The summed E-state index contributed by atoms with van der Waals surface area (Å²) >= 11 is 0. The Morgan fingerprint density at radius 3 is 2.67 bits per heavy atom. The van der Waals surface area contributed by atoms with Crippen molar-refractivity contribution in [2.75, 3.05) is 6.54 Å². The molecule has 0 bridgehead atoms. The summed E-state index contributed by atoms with van der Waals surface area (Å²) in [5.74, 6) is 0. The van der Waals surface area contributed by atoms with E-state index in [0.29, 0.717) is 11.5 Å². The molecule has 0 fully saturated rings. The number of hydrogen-bond donors (Lipinski definition) is 1. The number of pyridine rings is 1. The van der Waals surface area contributed by atoms with Crippen molar-refractivity contribution in [3.8, 4) is 0 Å². The molecule has 2 aromatic rings. The topological polar surface area (TPSA) is 24.9 Å². The Balaban J connectivity index is 2.29. The molecule has 0 saturated heterocycles. The lowest BCUT2D eigenvalue weighted by atomic mass is 9.86. The van der Waals surface area contributed by atoms with Crippen LogP contribution in [0.1, 0.15) is 58.6 Å². The number of fused-ring (bicyclic) bond motifs is 1. The van der Waals surface area contributed by atoms with E-state index < -0.39 is 0 Å².